The standard InChI is InChI=1S/C12H16O5/c1-9-4-11(16-7-14-2)10(6-13)12(5-9)17-8-15-3/h4-6H,7-8H2,1-3H3. The van der Waals surface area contributed by atoms with Crippen LogP contribution < -0.4 is 9.47 Å². The Kier molecular flexibility index (Phi) is 5.45. The van der Waals surface area contributed by atoms with Gasteiger partial charge in [-0.25, -0.2) is 0 Å². The Labute approximate surface area is 100 Å². The van der Waals surface area contributed by atoms with Gasteiger partial charge in [-0.1, -0.05) is 0 Å². The summed E-state index contributed by atoms with van der Waals surface area (Å²) in [5.41, 5.74) is 1.28. The van der Waals surface area contributed by atoms with E-state index in [4.69, 9.17) is 18.9 Å². The Morgan fingerprint density at radius 3 is 1.88 bits per heavy atom. The molecule has 17 heavy (non-hydrogen) atoms. The largest absolute Gasteiger partial charge is 0.467 e. The molecule has 0 aliphatic rings. The van der Waals surface area contributed by atoms with Gasteiger partial charge in [0.1, 0.15) is 11.5 Å². The minimum absolute atomic E-state index is 0.0774. The predicted molar refractivity (Wildman–Crippen MR) is 61.6 cm³/mol. The molecule has 0 spiro atoms. The van der Waals surface area contributed by atoms with E-state index in [2.05, 4.69) is 0 Å². The highest BCUT2D eigenvalue weighted by Crippen LogP contribution is 2.29. The first-order valence-corrected chi connectivity index (χ1v) is 5.06. The molecule has 0 radical (unpaired) electrons. The van der Waals surface area contributed by atoms with Gasteiger partial charge in [-0.05, 0) is 24.6 Å². The molecule has 1 rings (SSSR count). The Hall–Kier alpha value is -1.59. The van der Waals surface area contributed by atoms with E-state index >= 15 is 0 Å². The molecular weight excluding hydrogens is 224 g/mol. The summed E-state index contributed by atoms with van der Waals surface area (Å²) in [5, 5.41) is 0. The third-order valence-electron chi connectivity index (χ3n) is 2.03. The number of methoxy groups -OCH3 is 2. The van der Waals surface area contributed by atoms with Gasteiger partial charge in [0, 0.05) is 14.2 Å². The molecule has 0 heterocycles. The zero-order valence-corrected chi connectivity index (χ0v) is 10.2. The van der Waals surface area contributed by atoms with Gasteiger partial charge in [-0.2, -0.15) is 0 Å². The SMILES string of the molecule is COCOc1cc(C)cc(OCOC)c1C=O. The fourth-order valence-corrected chi connectivity index (χ4v) is 1.33. The monoisotopic (exact) mass is 240 g/mol. The second kappa shape index (κ2) is 6.88. The average Bonchev–Trinajstić information content (AvgIpc) is 2.33. The number of carbonyl (C=O) groups excluding carboxylic acids is 1. The van der Waals surface area contributed by atoms with Crippen molar-refractivity contribution in [2.75, 3.05) is 27.8 Å². The van der Waals surface area contributed by atoms with E-state index in [-0.39, 0.29) is 13.6 Å². The van der Waals surface area contributed by atoms with Crippen molar-refractivity contribution in [1.82, 2.24) is 0 Å². The van der Waals surface area contributed by atoms with Crippen molar-refractivity contribution in [3.05, 3.63) is 23.3 Å². The number of hydrogen-bond acceptors (Lipinski definition) is 5. The summed E-state index contributed by atoms with van der Waals surface area (Å²) in [5.74, 6) is 0.876. The lowest BCUT2D eigenvalue weighted by atomic mass is 10.1. The lowest BCUT2D eigenvalue weighted by Crippen LogP contribution is -2.06. The quantitative estimate of drug-likeness (QED) is 0.537. The van der Waals surface area contributed by atoms with Crippen molar-refractivity contribution in [2.24, 2.45) is 0 Å². The molecule has 1 aromatic rings. The van der Waals surface area contributed by atoms with Gasteiger partial charge in [0.25, 0.3) is 0 Å². The molecule has 0 bridgehead atoms. The van der Waals surface area contributed by atoms with Gasteiger partial charge < -0.3 is 18.9 Å². The smallest absolute Gasteiger partial charge is 0.188 e. The van der Waals surface area contributed by atoms with Crippen LogP contribution in [0.15, 0.2) is 12.1 Å². The van der Waals surface area contributed by atoms with E-state index in [1.165, 1.54) is 14.2 Å². The van der Waals surface area contributed by atoms with E-state index in [0.29, 0.717) is 23.3 Å². The molecule has 0 aliphatic heterocycles. The van der Waals surface area contributed by atoms with Gasteiger partial charge in [-0.3, -0.25) is 4.79 Å². The first-order valence-electron chi connectivity index (χ1n) is 5.06. The molecule has 0 aliphatic carbocycles. The first kappa shape index (κ1) is 13.5. The maximum absolute atomic E-state index is 11.0. The molecule has 5 heteroatoms. The van der Waals surface area contributed by atoms with E-state index in [1.54, 1.807) is 12.1 Å². The third-order valence-corrected chi connectivity index (χ3v) is 2.03. The van der Waals surface area contributed by atoms with Gasteiger partial charge in [-0.15, -0.1) is 0 Å². The number of aldehydes is 1. The van der Waals surface area contributed by atoms with Crippen LogP contribution in [0.3, 0.4) is 0 Å². The highest BCUT2D eigenvalue weighted by Gasteiger charge is 2.11. The fraction of sp³-hybridized carbons (Fsp3) is 0.417. The van der Waals surface area contributed by atoms with E-state index in [9.17, 15) is 4.79 Å². The van der Waals surface area contributed by atoms with Gasteiger partial charge in [0.2, 0.25) is 0 Å². The van der Waals surface area contributed by atoms with Crippen LogP contribution in [0.5, 0.6) is 11.5 Å². The number of hydrogen-bond donors (Lipinski definition) is 0. The molecule has 0 saturated carbocycles. The summed E-state index contributed by atoms with van der Waals surface area (Å²) in [6.45, 7) is 2.04. The first-order chi connectivity index (χ1) is 8.22. The van der Waals surface area contributed by atoms with Gasteiger partial charge in [0.05, 0.1) is 5.56 Å². The van der Waals surface area contributed by atoms with Crippen molar-refractivity contribution >= 4 is 6.29 Å². The van der Waals surface area contributed by atoms with Crippen LogP contribution in [0, 0.1) is 6.92 Å². The maximum atomic E-state index is 11.0. The van der Waals surface area contributed by atoms with Crippen LogP contribution in [-0.2, 0) is 9.47 Å². The Bertz CT molecular complexity index is 346. The highest BCUT2D eigenvalue weighted by molar-refractivity contribution is 5.84. The van der Waals surface area contributed by atoms with Crippen molar-refractivity contribution in [2.45, 2.75) is 6.92 Å². The van der Waals surface area contributed by atoms with Crippen molar-refractivity contribution in [3.8, 4) is 11.5 Å². The lowest BCUT2D eigenvalue weighted by Gasteiger charge is -2.13. The molecule has 0 amide bonds. The van der Waals surface area contributed by atoms with Crippen LogP contribution in [-0.4, -0.2) is 34.1 Å². The van der Waals surface area contributed by atoms with Crippen molar-refractivity contribution in [1.29, 1.82) is 0 Å². The minimum Gasteiger partial charge on any atom is -0.467 e. The second-order valence-corrected chi connectivity index (χ2v) is 3.39. The van der Waals surface area contributed by atoms with Crippen molar-refractivity contribution in [3.63, 3.8) is 0 Å². The van der Waals surface area contributed by atoms with Crippen LogP contribution in [0.2, 0.25) is 0 Å². The number of ether oxygens (including phenoxy) is 4. The Balaban J connectivity index is 3.01. The predicted octanol–water partition coefficient (Wildman–Crippen LogP) is 1.77. The second-order valence-electron chi connectivity index (χ2n) is 3.39. The summed E-state index contributed by atoms with van der Waals surface area (Å²) >= 11 is 0. The average molecular weight is 240 g/mol. The summed E-state index contributed by atoms with van der Waals surface area (Å²) in [6, 6.07) is 3.50. The molecule has 0 N–H and O–H groups in total. The van der Waals surface area contributed by atoms with E-state index in [0.717, 1.165) is 5.56 Å². The molecular formula is C12H16O5. The molecule has 94 valence electrons. The van der Waals surface area contributed by atoms with Gasteiger partial charge >= 0.3 is 0 Å². The molecule has 0 aromatic heterocycles. The summed E-state index contributed by atoms with van der Waals surface area (Å²) < 4.78 is 20.2. The van der Waals surface area contributed by atoms with Crippen molar-refractivity contribution < 1.29 is 23.7 Å². The summed E-state index contributed by atoms with van der Waals surface area (Å²) in [4.78, 5) is 11.0. The zero-order valence-electron chi connectivity index (χ0n) is 10.2. The number of benzene rings is 1. The molecule has 0 atom stereocenters. The van der Waals surface area contributed by atoms with Crippen LogP contribution in [0.25, 0.3) is 0 Å². The molecule has 0 fully saturated rings. The van der Waals surface area contributed by atoms with Crippen LogP contribution >= 0.6 is 0 Å². The summed E-state index contributed by atoms with van der Waals surface area (Å²) in [6.07, 6.45) is 0.690. The van der Waals surface area contributed by atoms with Gasteiger partial charge in [0.15, 0.2) is 19.9 Å². The minimum atomic E-state index is 0.0774. The van der Waals surface area contributed by atoms with Crippen LogP contribution in [0.4, 0.5) is 0 Å². The molecule has 1 aromatic carbocycles. The third kappa shape index (κ3) is 3.72. The lowest BCUT2D eigenvalue weighted by molar-refractivity contribution is 0.0449. The number of carbonyl (C=O) groups is 1. The Morgan fingerprint density at radius 2 is 1.53 bits per heavy atom. The van der Waals surface area contributed by atoms with E-state index < -0.39 is 0 Å². The van der Waals surface area contributed by atoms with E-state index in [1.807, 2.05) is 6.92 Å². The molecule has 0 saturated heterocycles. The number of aryl methyl sites for hydroxylation is 1. The van der Waals surface area contributed by atoms with Crippen LogP contribution in [0.1, 0.15) is 15.9 Å². The summed E-state index contributed by atoms with van der Waals surface area (Å²) in [7, 11) is 3.03. The molecule has 5 nitrogen and oxygen atoms in total. The molecule has 0 unspecified atom stereocenters. The fourth-order valence-electron chi connectivity index (χ4n) is 1.33. The Morgan fingerprint density at radius 1 is 1.06 bits per heavy atom. The highest BCUT2D eigenvalue weighted by atomic mass is 16.7. The number of rotatable bonds is 7. The zero-order chi connectivity index (χ0) is 12.7. The normalized spacial score (nSPS) is 10.1. The topological polar surface area (TPSA) is 54.0 Å². The maximum Gasteiger partial charge on any atom is 0.188 e.